The van der Waals surface area contributed by atoms with Crippen molar-refractivity contribution in [1.82, 2.24) is 19.0 Å². The highest BCUT2D eigenvalue weighted by molar-refractivity contribution is 7.88. The fourth-order valence-corrected chi connectivity index (χ4v) is 5.97. The second-order valence-electron chi connectivity index (χ2n) is 8.12. The largest absolute Gasteiger partial charge is 0.337 e. The van der Waals surface area contributed by atoms with Crippen LogP contribution in [0.15, 0.2) is 0 Å². The maximum absolute atomic E-state index is 12.9. The molecule has 3 atom stereocenters. The van der Waals surface area contributed by atoms with Crippen LogP contribution in [0.4, 0.5) is 0 Å². The molecule has 3 saturated heterocycles. The SMILES string of the molecule is CCC[C@H]1C(=O)N(S(C)(=O)=O)[C@H]2CCN(C(=O)CCN3CCN(C)CC3)[C@H]12. The molecule has 3 aliphatic rings. The summed E-state index contributed by atoms with van der Waals surface area (Å²) in [6.07, 6.45) is 3.48. The van der Waals surface area contributed by atoms with Crippen LogP contribution in [0.3, 0.4) is 0 Å². The van der Waals surface area contributed by atoms with Crippen molar-refractivity contribution in [3.63, 3.8) is 0 Å². The summed E-state index contributed by atoms with van der Waals surface area (Å²) in [5.41, 5.74) is 0. The summed E-state index contributed by atoms with van der Waals surface area (Å²) in [6.45, 7) is 7.21. The monoisotopic (exact) mass is 400 g/mol. The number of likely N-dealkylation sites (tertiary alicyclic amines) is 1. The molecule has 0 spiro atoms. The first kappa shape index (κ1) is 20.5. The molecule has 0 aromatic rings. The van der Waals surface area contributed by atoms with Crippen molar-refractivity contribution >= 4 is 21.8 Å². The van der Waals surface area contributed by atoms with Crippen LogP contribution in [0.1, 0.15) is 32.6 Å². The number of carbonyl (C=O) groups excluding carboxylic acids is 2. The number of sulfonamides is 1. The molecule has 0 unspecified atom stereocenters. The number of piperazine rings is 1. The van der Waals surface area contributed by atoms with Crippen LogP contribution in [0.5, 0.6) is 0 Å². The van der Waals surface area contributed by atoms with Crippen LogP contribution in [-0.2, 0) is 19.6 Å². The zero-order chi connectivity index (χ0) is 19.8. The molecule has 0 N–H and O–H groups in total. The molecule has 0 saturated carbocycles. The highest BCUT2D eigenvalue weighted by Gasteiger charge is 2.56. The summed E-state index contributed by atoms with van der Waals surface area (Å²) in [4.78, 5) is 32.1. The van der Waals surface area contributed by atoms with Crippen molar-refractivity contribution in [2.75, 3.05) is 52.6 Å². The molecule has 154 valence electrons. The fourth-order valence-electron chi connectivity index (χ4n) is 4.79. The molecule has 27 heavy (non-hydrogen) atoms. The summed E-state index contributed by atoms with van der Waals surface area (Å²) in [6, 6.07) is -0.691. The van der Waals surface area contributed by atoms with Gasteiger partial charge in [-0.3, -0.25) is 9.59 Å². The van der Waals surface area contributed by atoms with Gasteiger partial charge in [-0.15, -0.1) is 0 Å². The molecule has 0 aromatic heterocycles. The van der Waals surface area contributed by atoms with Gasteiger partial charge in [0, 0.05) is 45.7 Å². The van der Waals surface area contributed by atoms with E-state index in [9.17, 15) is 18.0 Å². The Morgan fingerprint density at radius 1 is 1.15 bits per heavy atom. The minimum absolute atomic E-state index is 0.0469. The average molecular weight is 401 g/mol. The van der Waals surface area contributed by atoms with Crippen molar-refractivity contribution in [3.8, 4) is 0 Å². The van der Waals surface area contributed by atoms with Crippen LogP contribution in [0.2, 0.25) is 0 Å². The second-order valence-corrected chi connectivity index (χ2v) is 9.98. The minimum Gasteiger partial charge on any atom is -0.337 e. The first-order valence-corrected chi connectivity index (χ1v) is 11.8. The van der Waals surface area contributed by atoms with Gasteiger partial charge < -0.3 is 14.7 Å². The topological polar surface area (TPSA) is 81.2 Å². The van der Waals surface area contributed by atoms with Gasteiger partial charge in [-0.1, -0.05) is 13.3 Å². The zero-order valence-corrected chi connectivity index (χ0v) is 17.4. The summed E-state index contributed by atoms with van der Waals surface area (Å²) < 4.78 is 25.4. The third-order valence-electron chi connectivity index (χ3n) is 6.18. The molecule has 3 rings (SSSR count). The lowest BCUT2D eigenvalue weighted by molar-refractivity contribution is -0.134. The smallest absolute Gasteiger partial charge is 0.241 e. The van der Waals surface area contributed by atoms with Gasteiger partial charge in [0.25, 0.3) is 0 Å². The number of hydrogen-bond donors (Lipinski definition) is 0. The van der Waals surface area contributed by atoms with Gasteiger partial charge in [-0.05, 0) is 19.9 Å². The lowest BCUT2D eigenvalue weighted by Gasteiger charge is -2.33. The Labute approximate surface area is 162 Å². The Hall–Kier alpha value is -1.19. The van der Waals surface area contributed by atoms with E-state index in [2.05, 4.69) is 16.8 Å². The predicted molar refractivity (Wildman–Crippen MR) is 103 cm³/mol. The summed E-state index contributed by atoms with van der Waals surface area (Å²) in [5, 5.41) is 0. The summed E-state index contributed by atoms with van der Waals surface area (Å²) in [5.74, 6) is -0.679. The van der Waals surface area contributed by atoms with E-state index in [1.807, 2.05) is 6.92 Å². The quantitative estimate of drug-likeness (QED) is 0.615. The maximum atomic E-state index is 12.9. The molecule has 8 nitrogen and oxygen atoms in total. The molecule has 2 amide bonds. The Balaban J connectivity index is 1.68. The van der Waals surface area contributed by atoms with E-state index in [-0.39, 0.29) is 17.9 Å². The summed E-state index contributed by atoms with van der Waals surface area (Å²) >= 11 is 0. The van der Waals surface area contributed by atoms with E-state index in [0.29, 0.717) is 25.8 Å². The van der Waals surface area contributed by atoms with Crippen molar-refractivity contribution in [2.24, 2.45) is 5.92 Å². The van der Waals surface area contributed by atoms with Gasteiger partial charge in [-0.25, -0.2) is 12.7 Å². The minimum atomic E-state index is -3.61. The van der Waals surface area contributed by atoms with Crippen molar-refractivity contribution < 1.29 is 18.0 Å². The van der Waals surface area contributed by atoms with E-state index >= 15 is 0 Å². The molecule has 0 bridgehead atoms. The number of hydrogen-bond acceptors (Lipinski definition) is 6. The van der Waals surface area contributed by atoms with Crippen molar-refractivity contribution in [1.29, 1.82) is 0 Å². The van der Waals surface area contributed by atoms with E-state index in [0.717, 1.165) is 49.7 Å². The lowest BCUT2D eigenvalue weighted by Crippen LogP contribution is -2.47. The fraction of sp³-hybridized carbons (Fsp3) is 0.889. The summed E-state index contributed by atoms with van der Waals surface area (Å²) in [7, 11) is -1.51. The third-order valence-corrected chi connectivity index (χ3v) is 7.35. The number of nitrogens with zero attached hydrogens (tertiary/aromatic N) is 4. The Bertz CT molecular complexity index is 675. The molecule has 9 heteroatoms. The maximum Gasteiger partial charge on any atom is 0.241 e. The molecular formula is C18H32N4O4S. The molecule has 0 aromatic carbocycles. The van der Waals surface area contributed by atoms with Gasteiger partial charge in [0.2, 0.25) is 21.8 Å². The van der Waals surface area contributed by atoms with E-state index in [1.54, 1.807) is 4.90 Å². The number of likely N-dealkylation sites (N-methyl/N-ethyl adjacent to an activating group) is 1. The predicted octanol–water partition coefficient (Wildman–Crippen LogP) is -0.188. The first-order valence-electron chi connectivity index (χ1n) is 9.97. The van der Waals surface area contributed by atoms with E-state index < -0.39 is 22.0 Å². The first-order chi connectivity index (χ1) is 12.7. The molecule has 3 heterocycles. The number of amides is 2. The normalized spacial score (nSPS) is 30.2. The molecule has 0 aliphatic carbocycles. The van der Waals surface area contributed by atoms with Crippen LogP contribution < -0.4 is 0 Å². The molecule has 0 radical (unpaired) electrons. The number of rotatable bonds is 6. The zero-order valence-electron chi connectivity index (χ0n) is 16.6. The molecular weight excluding hydrogens is 368 g/mol. The molecule has 3 aliphatic heterocycles. The van der Waals surface area contributed by atoms with Gasteiger partial charge in [-0.2, -0.15) is 0 Å². The van der Waals surface area contributed by atoms with Gasteiger partial charge in [0.05, 0.1) is 24.3 Å². The Morgan fingerprint density at radius 2 is 1.81 bits per heavy atom. The second kappa shape index (κ2) is 8.05. The number of carbonyl (C=O) groups is 2. The highest BCUT2D eigenvalue weighted by atomic mass is 32.2. The van der Waals surface area contributed by atoms with Gasteiger partial charge in [0.15, 0.2) is 0 Å². The highest BCUT2D eigenvalue weighted by Crippen LogP contribution is 2.40. The average Bonchev–Trinajstić information content (AvgIpc) is 3.12. The third kappa shape index (κ3) is 4.14. The van der Waals surface area contributed by atoms with Crippen molar-refractivity contribution in [3.05, 3.63) is 0 Å². The molecule has 3 fully saturated rings. The van der Waals surface area contributed by atoms with Crippen LogP contribution in [0.25, 0.3) is 0 Å². The van der Waals surface area contributed by atoms with Gasteiger partial charge in [0.1, 0.15) is 0 Å². The standard InChI is InChI=1S/C18H32N4O4S/c1-4-5-14-17-15(22(18(14)24)27(3,25)26)6-9-21(17)16(23)7-8-20-12-10-19(2)11-13-20/h14-15,17H,4-13H2,1-3H3/t14-,15+,17-/m1/s1. The lowest BCUT2D eigenvalue weighted by atomic mass is 9.94. The Morgan fingerprint density at radius 3 is 2.41 bits per heavy atom. The van der Waals surface area contributed by atoms with Crippen LogP contribution in [0, 0.1) is 5.92 Å². The van der Waals surface area contributed by atoms with Gasteiger partial charge >= 0.3 is 0 Å². The number of fused-ring (bicyclic) bond motifs is 1. The van der Waals surface area contributed by atoms with E-state index in [1.165, 1.54) is 0 Å². The van der Waals surface area contributed by atoms with Crippen LogP contribution >= 0.6 is 0 Å². The van der Waals surface area contributed by atoms with Crippen molar-refractivity contribution in [2.45, 2.75) is 44.7 Å². The Kier molecular flexibility index (Phi) is 6.12. The van der Waals surface area contributed by atoms with E-state index in [4.69, 9.17) is 0 Å². The van der Waals surface area contributed by atoms with Crippen LogP contribution in [-0.4, -0.2) is 104 Å².